The summed E-state index contributed by atoms with van der Waals surface area (Å²) < 4.78 is 5.88. The van der Waals surface area contributed by atoms with E-state index in [4.69, 9.17) is 4.74 Å². The van der Waals surface area contributed by atoms with Gasteiger partial charge in [-0.2, -0.15) is 0 Å². The SMILES string of the molecule is CNc1ccnc(C2CN3CCCC3CO2)n1. The third-order valence-electron chi connectivity index (χ3n) is 3.61. The highest BCUT2D eigenvalue weighted by Crippen LogP contribution is 2.28. The van der Waals surface area contributed by atoms with E-state index in [0.29, 0.717) is 6.04 Å². The lowest BCUT2D eigenvalue weighted by Gasteiger charge is -2.34. The maximum atomic E-state index is 5.88. The molecule has 1 aromatic rings. The van der Waals surface area contributed by atoms with Crippen LogP contribution in [-0.4, -0.2) is 47.7 Å². The summed E-state index contributed by atoms with van der Waals surface area (Å²) in [5.41, 5.74) is 0. The van der Waals surface area contributed by atoms with Gasteiger partial charge in [0.25, 0.3) is 0 Å². The molecule has 0 spiro atoms. The molecule has 5 nitrogen and oxygen atoms in total. The van der Waals surface area contributed by atoms with Gasteiger partial charge in [0, 0.05) is 25.8 Å². The smallest absolute Gasteiger partial charge is 0.160 e. The molecule has 2 saturated heterocycles. The van der Waals surface area contributed by atoms with Crippen LogP contribution in [0.1, 0.15) is 24.8 Å². The summed E-state index contributed by atoms with van der Waals surface area (Å²) in [4.78, 5) is 11.3. The molecule has 5 heteroatoms. The Labute approximate surface area is 101 Å². The van der Waals surface area contributed by atoms with E-state index in [0.717, 1.165) is 24.8 Å². The Morgan fingerprint density at radius 3 is 3.35 bits per heavy atom. The van der Waals surface area contributed by atoms with Crippen molar-refractivity contribution in [2.24, 2.45) is 0 Å². The number of hydrogen-bond acceptors (Lipinski definition) is 5. The van der Waals surface area contributed by atoms with Gasteiger partial charge in [0.15, 0.2) is 5.82 Å². The van der Waals surface area contributed by atoms with Gasteiger partial charge in [0.2, 0.25) is 0 Å². The van der Waals surface area contributed by atoms with E-state index in [-0.39, 0.29) is 6.10 Å². The predicted octanol–water partition coefficient (Wildman–Crippen LogP) is 1.05. The summed E-state index contributed by atoms with van der Waals surface area (Å²) in [6.45, 7) is 2.94. The van der Waals surface area contributed by atoms with Crippen LogP contribution in [0.15, 0.2) is 12.3 Å². The minimum Gasteiger partial charge on any atom is -0.373 e. The fourth-order valence-corrected chi connectivity index (χ4v) is 2.64. The molecule has 92 valence electrons. The van der Waals surface area contributed by atoms with Crippen molar-refractivity contribution >= 4 is 5.82 Å². The van der Waals surface area contributed by atoms with E-state index in [1.807, 2.05) is 13.1 Å². The molecule has 0 bridgehead atoms. The van der Waals surface area contributed by atoms with Crippen LogP contribution in [0.25, 0.3) is 0 Å². The van der Waals surface area contributed by atoms with E-state index in [9.17, 15) is 0 Å². The van der Waals surface area contributed by atoms with Crippen LogP contribution >= 0.6 is 0 Å². The van der Waals surface area contributed by atoms with Gasteiger partial charge in [-0.05, 0) is 25.5 Å². The van der Waals surface area contributed by atoms with E-state index < -0.39 is 0 Å². The first kappa shape index (κ1) is 10.9. The molecule has 0 amide bonds. The average Bonchev–Trinajstić information content (AvgIpc) is 2.86. The minimum absolute atomic E-state index is 0.0256. The maximum absolute atomic E-state index is 5.88. The quantitative estimate of drug-likeness (QED) is 0.829. The fraction of sp³-hybridized carbons (Fsp3) is 0.667. The molecule has 17 heavy (non-hydrogen) atoms. The van der Waals surface area contributed by atoms with E-state index >= 15 is 0 Å². The second-order valence-electron chi connectivity index (χ2n) is 4.66. The Balaban J connectivity index is 1.75. The molecule has 1 N–H and O–H groups in total. The third kappa shape index (κ3) is 2.12. The lowest BCUT2D eigenvalue weighted by Crippen LogP contribution is -2.42. The van der Waals surface area contributed by atoms with Gasteiger partial charge in [0.1, 0.15) is 11.9 Å². The van der Waals surface area contributed by atoms with Gasteiger partial charge in [0.05, 0.1) is 6.61 Å². The molecule has 0 aliphatic carbocycles. The van der Waals surface area contributed by atoms with E-state index in [1.54, 1.807) is 6.20 Å². The lowest BCUT2D eigenvalue weighted by atomic mass is 10.2. The molecule has 1 aromatic heterocycles. The largest absolute Gasteiger partial charge is 0.373 e. The molecule has 0 radical (unpaired) electrons. The molecule has 2 aliphatic rings. The summed E-state index contributed by atoms with van der Waals surface area (Å²) in [7, 11) is 1.87. The number of anilines is 1. The second-order valence-corrected chi connectivity index (χ2v) is 4.66. The normalized spacial score (nSPS) is 29.0. The zero-order valence-corrected chi connectivity index (χ0v) is 10.1. The fourth-order valence-electron chi connectivity index (χ4n) is 2.64. The van der Waals surface area contributed by atoms with Crippen molar-refractivity contribution in [3.05, 3.63) is 18.1 Å². The Morgan fingerprint density at radius 1 is 1.53 bits per heavy atom. The molecule has 3 heterocycles. The van der Waals surface area contributed by atoms with Crippen molar-refractivity contribution in [2.75, 3.05) is 32.1 Å². The Hall–Kier alpha value is -1.20. The summed E-state index contributed by atoms with van der Waals surface area (Å²) in [5.74, 6) is 1.64. The molecule has 0 saturated carbocycles. The number of fused-ring (bicyclic) bond motifs is 1. The first-order valence-electron chi connectivity index (χ1n) is 6.23. The van der Waals surface area contributed by atoms with Gasteiger partial charge in [-0.25, -0.2) is 9.97 Å². The summed E-state index contributed by atoms with van der Waals surface area (Å²) in [5, 5.41) is 3.03. The summed E-state index contributed by atoms with van der Waals surface area (Å²) in [6, 6.07) is 2.49. The van der Waals surface area contributed by atoms with Gasteiger partial charge in [-0.1, -0.05) is 0 Å². The monoisotopic (exact) mass is 234 g/mol. The minimum atomic E-state index is 0.0256. The number of rotatable bonds is 2. The van der Waals surface area contributed by atoms with Crippen molar-refractivity contribution in [1.29, 1.82) is 0 Å². The van der Waals surface area contributed by atoms with Gasteiger partial charge >= 0.3 is 0 Å². The molecular weight excluding hydrogens is 216 g/mol. The lowest BCUT2D eigenvalue weighted by molar-refractivity contribution is -0.0540. The number of ether oxygens (including phenoxy) is 1. The topological polar surface area (TPSA) is 50.3 Å². The van der Waals surface area contributed by atoms with Crippen molar-refractivity contribution in [2.45, 2.75) is 25.0 Å². The van der Waals surface area contributed by atoms with Crippen LogP contribution in [0.5, 0.6) is 0 Å². The van der Waals surface area contributed by atoms with Crippen molar-refractivity contribution in [3.8, 4) is 0 Å². The van der Waals surface area contributed by atoms with Crippen LogP contribution in [-0.2, 0) is 4.74 Å². The number of nitrogens with one attached hydrogen (secondary N) is 1. The van der Waals surface area contributed by atoms with Crippen LogP contribution in [0.3, 0.4) is 0 Å². The highest BCUT2D eigenvalue weighted by molar-refractivity contribution is 5.31. The molecule has 2 fully saturated rings. The molecule has 2 atom stereocenters. The molecular formula is C12H18N4O. The third-order valence-corrected chi connectivity index (χ3v) is 3.61. The summed E-state index contributed by atoms with van der Waals surface area (Å²) >= 11 is 0. The van der Waals surface area contributed by atoms with Crippen LogP contribution in [0.2, 0.25) is 0 Å². The summed E-state index contributed by atoms with van der Waals surface area (Å²) in [6.07, 6.45) is 4.37. The van der Waals surface area contributed by atoms with Crippen molar-refractivity contribution in [3.63, 3.8) is 0 Å². The molecule has 3 rings (SSSR count). The predicted molar refractivity (Wildman–Crippen MR) is 64.9 cm³/mol. The van der Waals surface area contributed by atoms with E-state index in [1.165, 1.54) is 19.4 Å². The Bertz CT molecular complexity index is 398. The standard InChI is InChI=1S/C12H18N4O/c1-13-11-4-5-14-12(15-11)10-7-16-6-2-3-9(16)8-17-10/h4-5,9-10H,2-3,6-8H2,1H3,(H,13,14,15). The molecule has 0 aromatic carbocycles. The number of nitrogens with zero attached hydrogens (tertiary/aromatic N) is 3. The van der Waals surface area contributed by atoms with Gasteiger partial charge in [-0.15, -0.1) is 0 Å². The number of hydrogen-bond donors (Lipinski definition) is 1. The first-order valence-corrected chi connectivity index (χ1v) is 6.23. The van der Waals surface area contributed by atoms with Crippen LogP contribution in [0.4, 0.5) is 5.82 Å². The van der Waals surface area contributed by atoms with Gasteiger partial charge in [-0.3, -0.25) is 4.90 Å². The molecule has 2 unspecified atom stereocenters. The highest BCUT2D eigenvalue weighted by atomic mass is 16.5. The van der Waals surface area contributed by atoms with Crippen LogP contribution in [0, 0.1) is 0 Å². The first-order chi connectivity index (χ1) is 8.36. The Morgan fingerprint density at radius 2 is 2.47 bits per heavy atom. The van der Waals surface area contributed by atoms with Gasteiger partial charge < -0.3 is 10.1 Å². The van der Waals surface area contributed by atoms with Crippen molar-refractivity contribution < 1.29 is 4.74 Å². The Kier molecular flexibility index (Phi) is 2.94. The number of morpholine rings is 1. The molecule has 2 aliphatic heterocycles. The maximum Gasteiger partial charge on any atom is 0.160 e. The zero-order chi connectivity index (χ0) is 11.7. The number of aromatic nitrogens is 2. The van der Waals surface area contributed by atoms with Crippen molar-refractivity contribution in [1.82, 2.24) is 14.9 Å². The van der Waals surface area contributed by atoms with E-state index in [2.05, 4.69) is 20.2 Å². The average molecular weight is 234 g/mol. The van der Waals surface area contributed by atoms with Crippen LogP contribution < -0.4 is 5.32 Å². The highest BCUT2D eigenvalue weighted by Gasteiger charge is 2.33. The zero-order valence-electron chi connectivity index (χ0n) is 10.1. The second kappa shape index (κ2) is 4.58.